The highest BCUT2D eigenvalue weighted by Gasteiger charge is 1.96. The molecule has 0 unspecified atom stereocenters. The molecular formula is C9H13ClN2O. The SMILES string of the molecule is CCCCCOc1nccc(Cl)n1. The zero-order valence-corrected chi connectivity index (χ0v) is 8.42. The summed E-state index contributed by atoms with van der Waals surface area (Å²) in [6.45, 7) is 2.81. The van der Waals surface area contributed by atoms with Crippen molar-refractivity contribution in [1.82, 2.24) is 9.97 Å². The number of nitrogens with zero attached hydrogens (tertiary/aromatic N) is 2. The molecule has 0 aliphatic heterocycles. The Morgan fingerprint density at radius 1 is 1.46 bits per heavy atom. The molecule has 4 heteroatoms. The molecule has 0 aliphatic rings. The summed E-state index contributed by atoms with van der Waals surface area (Å²) in [6, 6.07) is 1.99. The zero-order valence-electron chi connectivity index (χ0n) is 7.66. The van der Waals surface area contributed by atoms with Gasteiger partial charge in [0.25, 0.3) is 0 Å². The van der Waals surface area contributed by atoms with Crippen molar-refractivity contribution < 1.29 is 4.74 Å². The van der Waals surface area contributed by atoms with Crippen molar-refractivity contribution in [2.75, 3.05) is 6.61 Å². The second-order valence-corrected chi connectivity index (χ2v) is 3.10. The van der Waals surface area contributed by atoms with Gasteiger partial charge in [0.2, 0.25) is 0 Å². The zero-order chi connectivity index (χ0) is 9.52. The molecule has 0 bridgehead atoms. The van der Waals surface area contributed by atoms with Crippen LogP contribution in [0.4, 0.5) is 0 Å². The molecule has 0 spiro atoms. The third kappa shape index (κ3) is 4.08. The van der Waals surface area contributed by atoms with Crippen molar-refractivity contribution in [1.29, 1.82) is 0 Å². The number of ether oxygens (including phenoxy) is 1. The van der Waals surface area contributed by atoms with Crippen molar-refractivity contribution in [2.24, 2.45) is 0 Å². The number of hydrogen-bond acceptors (Lipinski definition) is 3. The van der Waals surface area contributed by atoms with Crippen molar-refractivity contribution in [3.63, 3.8) is 0 Å². The van der Waals surface area contributed by atoms with Crippen LogP contribution in [0.5, 0.6) is 6.01 Å². The molecule has 0 saturated heterocycles. The van der Waals surface area contributed by atoms with Gasteiger partial charge in [0.15, 0.2) is 0 Å². The Morgan fingerprint density at radius 3 is 3.00 bits per heavy atom. The van der Waals surface area contributed by atoms with E-state index < -0.39 is 0 Å². The van der Waals surface area contributed by atoms with E-state index in [9.17, 15) is 0 Å². The maximum atomic E-state index is 5.65. The van der Waals surface area contributed by atoms with Crippen LogP contribution in [0.3, 0.4) is 0 Å². The highest BCUT2D eigenvalue weighted by molar-refractivity contribution is 6.29. The summed E-state index contributed by atoms with van der Waals surface area (Å²) in [5.74, 6) is 0. The normalized spacial score (nSPS) is 10.0. The molecule has 0 atom stereocenters. The van der Waals surface area contributed by atoms with Gasteiger partial charge >= 0.3 is 6.01 Å². The Bertz CT molecular complexity index is 255. The van der Waals surface area contributed by atoms with E-state index in [1.54, 1.807) is 12.3 Å². The lowest BCUT2D eigenvalue weighted by Crippen LogP contribution is -2.00. The Kier molecular flexibility index (Phi) is 4.54. The van der Waals surface area contributed by atoms with Crippen LogP contribution in [0.2, 0.25) is 5.15 Å². The smallest absolute Gasteiger partial charge is 0.317 e. The molecule has 0 fully saturated rings. The van der Waals surface area contributed by atoms with Crippen LogP contribution in [0, 0.1) is 0 Å². The van der Waals surface area contributed by atoms with Crippen LogP contribution < -0.4 is 4.74 Å². The third-order valence-electron chi connectivity index (χ3n) is 1.58. The van der Waals surface area contributed by atoms with Gasteiger partial charge in [-0.3, -0.25) is 0 Å². The molecule has 3 nitrogen and oxygen atoms in total. The topological polar surface area (TPSA) is 35.0 Å². The summed E-state index contributed by atoms with van der Waals surface area (Å²) >= 11 is 5.65. The lowest BCUT2D eigenvalue weighted by atomic mass is 10.3. The summed E-state index contributed by atoms with van der Waals surface area (Å²) in [7, 11) is 0. The average molecular weight is 201 g/mol. The van der Waals surface area contributed by atoms with E-state index in [1.807, 2.05) is 0 Å². The first-order valence-electron chi connectivity index (χ1n) is 4.44. The number of hydrogen-bond donors (Lipinski definition) is 0. The Morgan fingerprint density at radius 2 is 2.31 bits per heavy atom. The van der Waals surface area contributed by atoms with E-state index in [0.29, 0.717) is 17.8 Å². The first-order chi connectivity index (χ1) is 6.33. The van der Waals surface area contributed by atoms with Gasteiger partial charge < -0.3 is 4.74 Å². The standard InChI is InChI=1S/C9H13ClN2O/c1-2-3-4-7-13-9-11-6-5-8(10)12-9/h5-6H,2-4,7H2,1H3. The van der Waals surface area contributed by atoms with E-state index in [1.165, 1.54) is 12.8 Å². The summed E-state index contributed by atoms with van der Waals surface area (Å²) in [5, 5.41) is 0.417. The summed E-state index contributed by atoms with van der Waals surface area (Å²) in [6.07, 6.45) is 4.97. The minimum atomic E-state index is 0.364. The second-order valence-electron chi connectivity index (χ2n) is 2.72. The Hall–Kier alpha value is -0.830. The van der Waals surface area contributed by atoms with Crippen molar-refractivity contribution in [3.8, 4) is 6.01 Å². The molecule has 0 aliphatic carbocycles. The van der Waals surface area contributed by atoms with Gasteiger partial charge in [-0.15, -0.1) is 0 Å². The average Bonchev–Trinajstić information content (AvgIpc) is 2.13. The third-order valence-corrected chi connectivity index (χ3v) is 1.79. The van der Waals surface area contributed by atoms with Crippen molar-refractivity contribution in [2.45, 2.75) is 26.2 Å². The largest absolute Gasteiger partial charge is 0.463 e. The predicted octanol–water partition coefficient (Wildman–Crippen LogP) is 2.70. The second kappa shape index (κ2) is 5.75. The maximum absolute atomic E-state index is 5.65. The molecule has 0 N–H and O–H groups in total. The van der Waals surface area contributed by atoms with E-state index in [2.05, 4.69) is 16.9 Å². The lowest BCUT2D eigenvalue weighted by molar-refractivity contribution is 0.282. The Balaban J connectivity index is 2.28. The number of rotatable bonds is 5. The highest BCUT2D eigenvalue weighted by atomic mass is 35.5. The number of aromatic nitrogens is 2. The molecule has 1 heterocycles. The fourth-order valence-electron chi connectivity index (χ4n) is 0.905. The molecule has 0 aromatic carbocycles. The molecule has 1 aromatic rings. The molecule has 72 valence electrons. The van der Waals surface area contributed by atoms with E-state index in [0.717, 1.165) is 6.42 Å². The summed E-state index contributed by atoms with van der Waals surface area (Å²) in [5.41, 5.74) is 0. The minimum Gasteiger partial charge on any atom is -0.463 e. The first kappa shape index (κ1) is 10.3. The van der Waals surface area contributed by atoms with Gasteiger partial charge in [-0.25, -0.2) is 4.98 Å². The van der Waals surface area contributed by atoms with E-state index in [4.69, 9.17) is 16.3 Å². The van der Waals surface area contributed by atoms with Gasteiger partial charge in [-0.1, -0.05) is 31.4 Å². The Labute approximate surface area is 83.1 Å². The quantitative estimate of drug-likeness (QED) is 0.542. The molecule has 0 radical (unpaired) electrons. The summed E-state index contributed by atoms with van der Waals surface area (Å²) < 4.78 is 5.28. The van der Waals surface area contributed by atoms with Crippen LogP contribution in [-0.4, -0.2) is 16.6 Å². The van der Waals surface area contributed by atoms with Crippen LogP contribution >= 0.6 is 11.6 Å². The molecular weight excluding hydrogens is 188 g/mol. The fourth-order valence-corrected chi connectivity index (χ4v) is 1.03. The van der Waals surface area contributed by atoms with E-state index >= 15 is 0 Å². The van der Waals surface area contributed by atoms with Gasteiger partial charge in [-0.2, -0.15) is 4.98 Å². The van der Waals surface area contributed by atoms with Gasteiger partial charge in [0, 0.05) is 6.20 Å². The van der Waals surface area contributed by atoms with Gasteiger partial charge in [0.1, 0.15) is 5.15 Å². The summed E-state index contributed by atoms with van der Waals surface area (Å²) in [4.78, 5) is 7.82. The molecule has 1 aromatic heterocycles. The van der Waals surface area contributed by atoms with Gasteiger partial charge in [-0.05, 0) is 12.5 Å². The molecule has 0 saturated carbocycles. The first-order valence-corrected chi connectivity index (χ1v) is 4.82. The molecule has 13 heavy (non-hydrogen) atoms. The van der Waals surface area contributed by atoms with Crippen LogP contribution in [0.15, 0.2) is 12.3 Å². The molecule has 1 rings (SSSR count). The maximum Gasteiger partial charge on any atom is 0.317 e. The van der Waals surface area contributed by atoms with E-state index in [-0.39, 0.29) is 0 Å². The van der Waals surface area contributed by atoms with Crippen LogP contribution in [-0.2, 0) is 0 Å². The van der Waals surface area contributed by atoms with Gasteiger partial charge in [0.05, 0.1) is 6.61 Å². The number of halogens is 1. The van der Waals surface area contributed by atoms with Crippen LogP contribution in [0.1, 0.15) is 26.2 Å². The number of unbranched alkanes of at least 4 members (excludes halogenated alkanes) is 2. The molecule has 0 amide bonds. The predicted molar refractivity (Wildman–Crippen MR) is 52.1 cm³/mol. The fraction of sp³-hybridized carbons (Fsp3) is 0.556. The van der Waals surface area contributed by atoms with Crippen molar-refractivity contribution in [3.05, 3.63) is 17.4 Å². The lowest BCUT2D eigenvalue weighted by Gasteiger charge is -2.02. The highest BCUT2D eigenvalue weighted by Crippen LogP contribution is 2.08. The van der Waals surface area contributed by atoms with Crippen molar-refractivity contribution >= 4 is 11.6 Å². The monoisotopic (exact) mass is 200 g/mol. The van der Waals surface area contributed by atoms with Crippen LogP contribution in [0.25, 0.3) is 0 Å². The minimum absolute atomic E-state index is 0.364.